The fraction of sp³-hybridized carbons (Fsp3) is 0.150. The smallest absolute Gasteiger partial charge is 0.302 e. The second kappa shape index (κ2) is 5.41. The molecule has 0 unspecified atom stereocenters. The highest BCUT2D eigenvalue weighted by Gasteiger charge is 2.18. The van der Waals surface area contributed by atoms with Gasteiger partial charge in [0.1, 0.15) is 16.6 Å². The topological polar surface area (TPSA) is 83.8 Å². The van der Waals surface area contributed by atoms with Gasteiger partial charge < -0.3 is 19.0 Å². The maximum atomic E-state index is 12.9. The van der Waals surface area contributed by atoms with Gasteiger partial charge in [0.15, 0.2) is 11.5 Å². The molecule has 2 aromatic heterocycles. The molecule has 0 aliphatic carbocycles. The van der Waals surface area contributed by atoms with Crippen LogP contribution >= 0.6 is 0 Å². The molecule has 0 aliphatic heterocycles. The van der Waals surface area contributed by atoms with Gasteiger partial charge in [-0.2, -0.15) is 0 Å². The molecule has 2 heterocycles. The van der Waals surface area contributed by atoms with Crippen molar-refractivity contribution >= 4 is 33.1 Å². The van der Waals surface area contributed by atoms with Crippen molar-refractivity contribution in [3.05, 3.63) is 57.8 Å². The summed E-state index contributed by atoms with van der Waals surface area (Å²) in [4.78, 5) is 12.9. The largest absolute Gasteiger partial charge is 0.504 e. The van der Waals surface area contributed by atoms with Gasteiger partial charge in [-0.1, -0.05) is 29.8 Å². The molecule has 25 heavy (non-hydrogen) atoms. The molecule has 0 saturated heterocycles. The lowest BCUT2D eigenvalue weighted by Crippen LogP contribution is -2.00. The Balaban J connectivity index is 2.10. The first-order valence-corrected chi connectivity index (χ1v) is 7.92. The molecule has 5 heteroatoms. The Labute approximate surface area is 142 Å². The molecule has 126 valence electrons. The van der Waals surface area contributed by atoms with Gasteiger partial charge in [0.25, 0.3) is 0 Å². The number of phenols is 2. The van der Waals surface area contributed by atoms with Crippen LogP contribution in [0.4, 0.5) is 0 Å². The van der Waals surface area contributed by atoms with E-state index in [4.69, 9.17) is 8.83 Å². The van der Waals surface area contributed by atoms with Gasteiger partial charge in [0, 0.05) is 11.5 Å². The Morgan fingerprint density at radius 1 is 1.08 bits per heavy atom. The predicted octanol–water partition coefficient (Wildman–Crippen LogP) is 4.61. The van der Waals surface area contributed by atoms with Crippen LogP contribution in [0, 0.1) is 0 Å². The van der Waals surface area contributed by atoms with Crippen molar-refractivity contribution in [3.8, 4) is 11.5 Å². The Morgan fingerprint density at radius 3 is 2.60 bits per heavy atom. The van der Waals surface area contributed by atoms with Crippen LogP contribution in [0.15, 0.2) is 55.6 Å². The average molecular weight is 336 g/mol. The fourth-order valence-electron chi connectivity index (χ4n) is 2.97. The Kier molecular flexibility index (Phi) is 3.32. The highest BCUT2D eigenvalue weighted by atomic mass is 16.5. The van der Waals surface area contributed by atoms with Crippen LogP contribution in [-0.4, -0.2) is 10.2 Å². The average Bonchev–Trinajstić information content (AvgIpc) is 2.94. The lowest BCUT2D eigenvalue weighted by molar-refractivity contribution is 0.403. The molecule has 4 aromatic rings. The second-order valence-corrected chi connectivity index (χ2v) is 6.31. The monoisotopic (exact) mass is 336 g/mol. The summed E-state index contributed by atoms with van der Waals surface area (Å²) in [7, 11) is 0. The lowest BCUT2D eigenvalue weighted by atomic mass is 10.1. The van der Waals surface area contributed by atoms with E-state index in [0.29, 0.717) is 22.8 Å². The number of aromatic hydroxyl groups is 2. The highest BCUT2D eigenvalue weighted by molar-refractivity contribution is 6.07. The third-order valence-corrected chi connectivity index (χ3v) is 4.25. The Bertz CT molecular complexity index is 1220. The molecular formula is C20H16O5. The van der Waals surface area contributed by atoms with Gasteiger partial charge in [-0.05, 0) is 31.9 Å². The number of hydrogen-bond donors (Lipinski definition) is 2. The van der Waals surface area contributed by atoms with Crippen LogP contribution < -0.4 is 5.43 Å². The maximum absolute atomic E-state index is 12.9. The molecule has 0 spiro atoms. The SMILES string of the molecule is CC(C)=CCc1cccc2c1oc1oc3cc(O)c(O)cc3c(=O)c12. The number of phenolic OH excluding ortho intramolecular Hbond substituents is 2. The van der Waals surface area contributed by atoms with E-state index < -0.39 is 0 Å². The summed E-state index contributed by atoms with van der Waals surface area (Å²) in [5.74, 6) is -0.603. The van der Waals surface area contributed by atoms with Crippen molar-refractivity contribution in [3.63, 3.8) is 0 Å². The molecule has 2 N–H and O–H groups in total. The van der Waals surface area contributed by atoms with Gasteiger partial charge in [-0.15, -0.1) is 0 Å². The van der Waals surface area contributed by atoms with Crippen LogP contribution in [0.1, 0.15) is 19.4 Å². The summed E-state index contributed by atoms with van der Waals surface area (Å²) < 4.78 is 11.5. The predicted molar refractivity (Wildman–Crippen MR) is 96.2 cm³/mol. The number of hydrogen-bond acceptors (Lipinski definition) is 5. The van der Waals surface area contributed by atoms with E-state index >= 15 is 0 Å². The van der Waals surface area contributed by atoms with Crippen LogP contribution in [0.2, 0.25) is 0 Å². The molecule has 0 atom stereocenters. The number of para-hydroxylation sites is 1. The zero-order chi connectivity index (χ0) is 17.7. The minimum Gasteiger partial charge on any atom is -0.504 e. The molecule has 4 rings (SSSR count). The van der Waals surface area contributed by atoms with Crippen LogP contribution in [0.3, 0.4) is 0 Å². The van der Waals surface area contributed by atoms with Gasteiger partial charge in [-0.3, -0.25) is 4.79 Å². The molecular weight excluding hydrogens is 320 g/mol. The van der Waals surface area contributed by atoms with Gasteiger partial charge in [0.05, 0.1) is 5.39 Å². The molecule has 5 nitrogen and oxygen atoms in total. The van der Waals surface area contributed by atoms with Crippen LogP contribution in [-0.2, 0) is 6.42 Å². The van der Waals surface area contributed by atoms with E-state index in [-0.39, 0.29) is 33.7 Å². The fourth-order valence-corrected chi connectivity index (χ4v) is 2.97. The zero-order valence-electron chi connectivity index (χ0n) is 13.8. The minimum atomic E-state index is -0.365. The van der Waals surface area contributed by atoms with Gasteiger partial charge >= 0.3 is 5.78 Å². The number of allylic oxidation sites excluding steroid dienone is 2. The van der Waals surface area contributed by atoms with Gasteiger partial charge in [0.2, 0.25) is 5.43 Å². The molecule has 0 aliphatic rings. The molecule has 0 fully saturated rings. The molecule has 0 saturated carbocycles. The van der Waals surface area contributed by atoms with Crippen molar-refractivity contribution in [2.24, 2.45) is 0 Å². The third kappa shape index (κ3) is 2.36. The van der Waals surface area contributed by atoms with E-state index in [9.17, 15) is 15.0 Å². The van der Waals surface area contributed by atoms with E-state index in [0.717, 1.165) is 5.56 Å². The van der Waals surface area contributed by atoms with Crippen LogP contribution in [0.25, 0.3) is 33.1 Å². The van der Waals surface area contributed by atoms with Crippen molar-refractivity contribution in [2.75, 3.05) is 0 Å². The number of rotatable bonds is 2. The molecule has 0 radical (unpaired) electrons. The van der Waals surface area contributed by atoms with Gasteiger partial charge in [-0.25, -0.2) is 0 Å². The van der Waals surface area contributed by atoms with E-state index in [1.54, 1.807) is 0 Å². The van der Waals surface area contributed by atoms with Crippen LogP contribution in [0.5, 0.6) is 11.5 Å². The van der Waals surface area contributed by atoms with Crippen molar-refractivity contribution in [1.82, 2.24) is 0 Å². The summed E-state index contributed by atoms with van der Waals surface area (Å²) in [5.41, 5.74) is 2.63. The summed E-state index contributed by atoms with van der Waals surface area (Å²) >= 11 is 0. The van der Waals surface area contributed by atoms with Crippen molar-refractivity contribution < 1.29 is 19.0 Å². The first-order chi connectivity index (χ1) is 12.0. The maximum Gasteiger partial charge on any atom is 0.302 e. The number of fused-ring (bicyclic) bond motifs is 4. The summed E-state index contributed by atoms with van der Waals surface area (Å²) in [6, 6.07) is 8.07. The molecule has 2 aromatic carbocycles. The number of benzene rings is 2. The highest BCUT2D eigenvalue weighted by Crippen LogP contribution is 2.34. The van der Waals surface area contributed by atoms with Crippen molar-refractivity contribution in [2.45, 2.75) is 20.3 Å². The Hall–Kier alpha value is -3.21. The van der Waals surface area contributed by atoms with E-state index in [1.165, 1.54) is 17.7 Å². The standard InChI is InChI=1S/C20H16O5/c1-10(2)6-7-11-4-3-5-12-17-18(23)13-8-14(21)15(22)9-16(13)24-20(17)25-19(11)12/h3-6,8-9,21-22H,7H2,1-2H3. The summed E-state index contributed by atoms with van der Waals surface area (Å²) in [6.45, 7) is 4.05. The third-order valence-electron chi connectivity index (χ3n) is 4.25. The summed E-state index contributed by atoms with van der Waals surface area (Å²) in [6.07, 6.45) is 2.78. The first-order valence-electron chi connectivity index (χ1n) is 7.92. The lowest BCUT2D eigenvalue weighted by Gasteiger charge is -2.00. The Morgan fingerprint density at radius 2 is 1.84 bits per heavy atom. The summed E-state index contributed by atoms with van der Waals surface area (Å²) in [5, 5.41) is 20.5. The first kappa shape index (κ1) is 15.3. The second-order valence-electron chi connectivity index (χ2n) is 6.31. The van der Waals surface area contributed by atoms with Crippen molar-refractivity contribution in [1.29, 1.82) is 0 Å². The van der Waals surface area contributed by atoms with E-state index in [2.05, 4.69) is 6.08 Å². The molecule has 0 amide bonds. The van der Waals surface area contributed by atoms with E-state index in [1.807, 2.05) is 32.0 Å². The minimum absolute atomic E-state index is 0.113. The zero-order valence-corrected chi connectivity index (χ0v) is 13.8. The number of furan rings is 1. The molecule has 0 bridgehead atoms. The quantitative estimate of drug-likeness (QED) is 0.412. The normalized spacial score (nSPS) is 11.4.